The molecule has 2 aromatic rings. The van der Waals surface area contributed by atoms with Gasteiger partial charge in [-0.05, 0) is 42.2 Å². The predicted molar refractivity (Wildman–Crippen MR) is 131 cm³/mol. The standard InChI is InChI=1S/C23H30BrN3O4S/c1-16(2)20-11-6-7-12-21(20)27(32(5,30)31)15-22(28)26(17(3)23(29)25-4)14-18-9-8-10-19(24)13-18/h6-13,16-17H,14-15H2,1-5H3,(H,25,29)/t17-/m0/s1. The third kappa shape index (κ3) is 6.56. The third-order valence-corrected chi connectivity index (χ3v) is 6.78. The van der Waals surface area contributed by atoms with Crippen LogP contribution in [0.4, 0.5) is 5.69 Å². The van der Waals surface area contributed by atoms with Crippen molar-refractivity contribution in [1.82, 2.24) is 10.2 Å². The van der Waals surface area contributed by atoms with Gasteiger partial charge in [0.2, 0.25) is 21.8 Å². The number of likely N-dealkylation sites (N-methyl/N-ethyl adjacent to an activating group) is 1. The fourth-order valence-electron chi connectivity index (χ4n) is 3.42. The molecular formula is C23H30BrN3O4S. The number of amides is 2. The van der Waals surface area contributed by atoms with Crippen molar-refractivity contribution in [3.8, 4) is 0 Å². The molecule has 0 aromatic heterocycles. The molecular weight excluding hydrogens is 494 g/mol. The van der Waals surface area contributed by atoms with Crippen molar-refractivity contribution in [3.05, 3.63) is 64.1 Å². The molecule has 0 aliphatic rings. The van der Waals surface area contributed by atoms with E-state index < -0.39 is 28.5 Å². The van der Waals surface area contributed by atoms with E-state index in [-0.39, 0.29) is 18.4 Å². The number of rotatable bonds is 9. The van der Waals surface area contributed by atoms with Crippen LogP contribution in [0.3, 0.4) is 0 Å². The molecule has 0 aliphatic carbocycles. The molecule has 32 heavy (non-hydrogen) atoms. The lowest BCUT2D eigenvalue weighted by molar-refractivity contribution is -0.139. The van der Waals surface area contributed by atoms with Crippen LogP contribution in [0, 0.1) is 0 Å². The number of benzene rings is 2. The first kappa shape index (κ1) is 25.9. The zero-order valence-corrected chi connectivity index (χ0v) is 21.4. The Balaban J connectivity index is 2.45. The summed E-state index contributed by atoms with van der Waals surface area (Å²) >= 11 is 3.42. The highest BCUT2D eigenvalue weighted by Gasteiger charge is 2.30. The molecule has 2 aromatic carbocycles. The van der Waals surface area contributed by atoms with E-state index >= 15 is 0 Å². The fraction of sp³-hybridized carbons (Fsp3) is 0.391. The predicted octanol–water partition coefficient (Wildman–Crippen LogP) is 3.50. The molecule has 0 bridgehead atoms. The average molecular weight is 524 g/mol. The molecule has 0 aliphatic heterocycles. The molecule has 0 radical (unpaired) electrons. The summed E-state index contributed by atoms with van der Waals surface area (Å²) in [7, 11) is -2.25. The van der Waals surface area contributed by atoms with Gasteiger partial charge in [0, 0.05) is 18.1 Å². The van der Waals surface area contributed by atoms with Crippen molar-refractivity contribution < 1.29 is 18.0 Å². The number of sulfonamides is 1. The average Bonchev–Trinajstić information content (AvgIpc) is 2.73. The minimum absolute atomic E-state index is 0.0631. The number of carbonyl (C=O) groups is 2. The smallest absolute Gasteiger partial charge is 0.244 e. The second-order valence-corrected chi connectivity index (χ2v) is 10.7. The van der Waals surface area contributed by atoms with E-state index in [1.54, 1.807) is 19.1 Å². The van der Waals surface area contributed by atoms with Crippen molar-refractivity contribution >= 4 is 43.5 Å². The first-order chi connectivity index (χ1) is 15.0. The van der Waals surface area contributed by atoms with Gasteiger partial charge in [-0.25, -0.2) is 8.42 Å². The van der Waals surface area contributed by atoms with Crippen LogP contribution in [0.2, 0.25) is 0 Å². The number of nitrogens with one attached hydrogen (secondary N) is 1. The molecule has 2 rings (SSSR count). The Morgan fingerprint density at radius 1 is 1.06 bits per heavy atom. The minimum atomic E-state index is -3.76. The summed E-state index contributed by atoms with van der Waals surface area (Å²) in [4.78, 5) is 27.2. The quantitative estimate of drug-likeness (QED) is 0.544. The second-order valence-electron chi connectivity index (χ2n) is 7.92. The summed E-state index contributed by atoms with van der Waals surface area (Å²) < 4.78 is 27.4. The number of hydrogen-bond donors (Lipinski definition) is 1. The van der Waals surface area contributed by atoms with Crippen LogP contribution in [0.25, 0.3) is 0 Å². The largest absolute Gasteiger partial charge is 0.357 e. The van der Waals surface area contributed by atoms with Crippen molar-refractivity contribution in [2.45, 2.75) is 39.3 Å². The number of hydrogen-bond acceptors (Lipinski definition) is 4. The lowest BCUT2D eigenvalue weighted by atomic mass is 10.0. The normalized spacial score (nSPS) is 12.3. The summed E-state index contributed by atoms with van der Waals surface area (Å²) in [6.45, 7) is 5.32. The first-order valence-electron chi connectivity index (χ1n) is 10.3. The van der Waals surface area contributed by atoms with E-state index in [1.807, 2.05) is 50.2 Å². The summed E-state index contributed by atoms with van der Waals surface area (Å²) in [5.41, 5.74) is 2.11. The molecule has 0 fully saturated rings. The van der Waals surface area contributed by atoms with Gasteiger partial charge in [-0.1, -0.05) is 60.1 Å². The molecule has 0 saturated heterocycles. The van der Waals surface area contributed by atoms with E-state index in [0.29, 0.717) is 5.69 Å². The molecule has 1 N–H and O–H groups in total. The Kier molecular flexibility index (Phi) is 8.86. The monoisotopic (exact) mass is 523 g/mol. The molecule has 0 spiro atoms. The lowest BCUT2D eigenvalue weighted by Gasteiger charge is -2.32. The number of nitrogens with zero attached hydrogens (tertiary/aromatic N) is 2. The summed E-state index contributed by atoms with van der Waals surface area (Å²) in [5.74, 6) is -0.736. The van der Waals surface area contributed by atoms with Gasteiger partial charge in [0.1, 0.15) is 12.6 Å². The summed E-state index contributed by atoms with van der Waals surface area (Å²) in [6.07, 6.45) is 1.08. The number of para-hydroxylation sites is 1. The Morgan fingerprint density at radius 3 is 2.28 bits per heavy atom. The van der Waals surface area contributed by atoms with Crippen molar-refractivity contribution in [1.29, 1.82) is 0 Å². The van der Waals surface area contributed by atoms with E-state index in [2.05, 4.69) is 21.2 Å². The second kappa shape index (κ2) is 11.0. The third-order valence-electron chi connectivity index (χ3n) is 5.16. The molecule has 2 amide bonds. The summed E-state index contributed by atoms with van der Waals surface area (Å²) in [6, 6.07) is 13.8. The maximum atomic E-state index is 13.4. The van der Waals surface area contributed by atoms with Gasteiger partial charge in [0.15, 0.2) is 0 Å². The van der Waals surface area contributed by atoms with E-state index in [0.717, 1.165) is 26.2 Å². The van der Waals surface area contributed by atoms with E-state index in [4.69, 9.17) is 0 Å². The van der Waals surface area contributed by atoms with Crippen molar-refractivity contribution in [2.24, 2.45) is 0 Å². The van der Waals surface area contributed by atoms with Gasteiger partial charge < -0.3 is 10.2 Å². The number of carbonyl (C=O) groups excluding carboxylic acids is 2. The van der Waals surface area contributed by atoms with Crippen LogP contribution >= 0.6 is 15.9 Å². The van der Waals surface area contributed by atoms with E-state index in [9.17, 15) is 18.0 Å². The Bertz CT molecular complexity index is 1070. The highest BCUT2D eigenvalue weighted by molar-refractivity contribution is 9.10. The van der Waals surface area contributed by atoms with Crippen LogP contribution in [0.15, 0.2) is 53.0 Å². The number of anilines is 1. The summed E-state index contributed by atoms with van der Waals surface area (Å²) in [5, 5.41) is 2.56. The maximum absolute atomic E-state index is 13.4. The molecule has 174 valence electrons. The van der Waals surface area contributed by atoms with Crippen molar-refractivity contribution in [2.75, 3.05) is 24.2 Å². The van der Waals surface area contributed by atoms with Gasteiger partial charge in [-0.2, -0.15) is 0 Å². The van der Waals surface area contributed by atoms with Crippen LogP contribution in [-0.4, -0.2) is 51.0 Å². The van der Waals surface area contributed by atoms with Crippen LogP contribution in [0.5, 0.6) is 0 Å². The van der Waals surface area contributed by atoms with Crippen molar-refractivity contribution in [3.63, 3.8) is 0 Å². The van der Waals surface area contributed by atoms with Crippen LogP contribution in [0.1, 0.15) is 37.8 Å². The highest BCUT2D eigenvalue weighted by Crippen LogP contribution is 2.29. The maximum Gasteiger partial charge on any atom is 0.244 e. The molecule has 0 unspecified atom stereocenters. The Labute approximate surface area is 199 Å². The number of halogens is 1. The molecule has 0 saturated carbocycles. The molecule has 0 heterocycles. The zero-order valence-electron chi connectivity index (χ0n) is 19.0. The lowest BCUT2D eigenvalue weighted by Crippen LogP contribution is -2.50. The van der Waals surface area contributed by atoms with Gasteiger partial charge in [-0.15, -0.1) is 0 Å². The highest BCUT2D eigenvalue weighted by atomic mass is 79.9. The Morgan fingerprint density at radius 2 is 1.72 bits per heavy atom. The SMILES string of the molecule is CNC(=O)[C@H](C)N(Cc1cccc(Br)c1)C(=O)CN(c1ccccc1C(C)C)S(C)(=O)=O. The molecule has 9 heteroatoms. The van der Waals surface area contributed by atoms with Gasteiger partial charge >= 0.3 is 0 Å². The van der Waals surface area contributed by atoms with Crippen LogP contribution in [-0.2, 0) is 26.2 Å². The van der Waals surface area contributed by atoms with E-state index in [1.165, 1.54) is 11.9 Å². The topological polar surface area (TPSA) is 86.8 Å². The molecule has 1 atom stereocenters. The van der Waals surface area contributed by atoms with Crippen LogP contribution < -0.4 is 9.62 Å². The zero-order chi connectivity index (χ0) is 24.1. The van der Waals surface area contributed by atoms with Gasteiger partial charge in [-0.3, -0.25) is 13.9 Å². The van der Waals surface area contributed by atoms with Gasteiger partial charge in [0.05, 0.1) is 11.9 Å². The fourth-order valence-corrected chi connectivity index (χ4v) is 4.74. The first-order valence-corrected chi connectivity index (χ1v) is 12.9. The minimum Gasteiger partial charge on any atom is -0.357 e. The van der Waals surface area contributed by atoms with Gasteiger partial charge in [0.25, 0.3) is 0 Å². The molecule has 7 nitrogen and oxygen atoms in total. The Hall–Kier alpha value is -2.39.